The average Bonchev–Trinajstić information content (AvgIpc) is 2.40. The molecule has 0 saturated carbocycles. The molecule has 108 valence electrons. The van der Waals surface area contributed by atoms with E-state index in [2.05, 4.69) is 20.4 Å². The number of ether oxygens (including phenoxy) is 1. The van der Waals surface area contributed by atoms with Gasteiger partial charge in [0.1, 0.15) is 5.15 Å². The maximum absolute atomic E-state index is 11.5. The minimum absolute atomic E-state index is 0.000880. The van der Waals surface area contributed by atoms with Crippen LogP contribution in [0.4, 0.5) is 10.5 Å². The summed E-state index contributed by atoms with van der Waals surface area (Å²) in [5.74, 6) is -1.72. The van der Waals surface area contributed by atoms with Crippen LogP contribution in [-0.4, -0.2) is 41.7 Å². The van der Waals surface area contributed by atoms with Crippen LogP contribution >= 0.6 is 11.6 Å². The van der Waals surface area contributed by atoms with Crippen LogP contribution in [0.1, 0.15) is 16.8 Å². The third-order valence-electron chi connectivity index (χ3n) is 2.19. The second kappa shape index (κ2) is 7.29. The molecule has 1 aromatic rings. The smallest absolute Gasteiger partial charge is 0.337 e. The molecule has 0 aromatic carbocycles. The van der Waals surface area contributed by atoms with Gasteiger partial charge < -0.3 is 20.5 Å². The van der Waals surface area contributed by atoms with E-state index in [1.165, 1.54) is 7.11 Å². The van der Waals surface area contributed by atoms with Crippen LogP contribution in [0.5, 0.6) is 0 Å². The van der Waals surface area contributed by atoms with Crippen molar-refractivity contribution in [2.75, 3.05) is 19.0 Å². The zero-order valence-corrected chi connectivity index (χ0v) is 11.2. The summed E-state index contributed by atoms with van der Waals surface area (Å²) < 4.78 is 4.40. The molecule has 1 heterocycles. The summed E-state index contributed by atoms with van der Waals surface area (Å²) in [4.78, 5) is 37.0. The molecule has 1 aromatic heterocycles. The molecule has 0 atom stereocenters. The number of esters is 1. The molecule has 2 amide bonds. The highest BCUT2D eigenvalue weighted by Gasteiger charge is 2.14. The van der Waals surface area contributed by atoms with Crippen LogP contribution in [0.2, 0.25) is 5.15 Å². The third-order valence-corrected chi connectivity index (χ3v) is 2.40. The van der Waals surface area contributed by atoms with Crippen LogP contribution in [0.25, 0.3) is 0 Å². The Labute approximate surface area is 119 Å². The molecule has 20 heavy (non-hydrogen) atoms. The van der Waals surface area contributed by atoms with E-state index in [-0.39, 0.29) is 29.4 Å². The van der Waals surface area contributed by atoms with Gasteiger partial charge in [0, 0.05) is 6.54 Å². The first kappa shape index (κ1) is 15.7. The van der Waals surface area contributed by atoms with E-state index >= 15 is 0 Å². The van der Waals surface area contributed by atoms with Gasteiger partial charge in [-0.25, -0.2) is 14.6 Å². The largest absolute Gasteiger partial charge is 0.478 e. The zero-order valence-electron chi connectivity index (χ0n) is 10.5. The summed E-state index contributed by atoms with van der Waals surface area (Å²) in [6.07, 6.45) is 1.14. The highest BCUT2D eigenvalue weighted by atomic mass is 35.5. The number of rotatable bonds is 5. The Kier molecular flexibility index (Phi) is 5.73. The summed E-state index contributed by atoms with van der Waals surface area (Å²) in [6, 6.07) is 0.453. The average molecular weight is 302 g/mol. The Morgan fingerprint density at radius 3 is 2.75 bits per heavy atom. The lowest BCUT2D eigenvalue weighted by Gasteiger charge is -2.09. The molecule has 0 fully saturated rings. The van der Waals surface area contributed by atoms with Crippen molar-refractivity contribution in [3.8, 4) is 0 Å². The molecule has 0 aliphatic carbocycles. The Hall–Kier alpha value is -2.35. The number of carboxylic acids is 1. The van der Waals surface area contributed by atoms with Crippen molar-refractivity contribution in [1.29, 1.82) is 0 Å². The molecule has 0 spiro atoms. The third kappa shape index (κ3) is 4.73. The SMILES string of the molecule is COC(=O)CCNC(=O)Nc1cnc(Cl)cc1C(=O)O. The quantitative estimate of drug-likeness (QED) is 0.554. The molecule has 8 nitrogen and oxygen atoms in total. The Balaban J connectivity index is 2.62. The van der Waals surface area contributed by atoms with E-state index in [1.54, 1.807) is 0 Å². The number of carboxylic acid groups (broad SMARTS) is 1. The molecule has 0 saturated heterocycles. The second-order valence-electron chi connectivity index (χ2n) is 3.56. The first-order valence-electron chi connectivity index (χ1n) is 5.44. The fourth-order valence-electron chi connectivity index (χ4n) is 1.25. The van der Waals surface area contributed by atoms with Gasteiger partial charge in [0.25, 0.3) is 0 Å². The van der Waals surface area contributed by atoms with Gasteiger partial charge in [-0.05, 0) is 6.07 Å². The highest BCUT2D eigenvalue weighted by Crippen LogP contribution is 2.17. The predicted octanol–water partition coefficient (Wildman–Crippen LogP) is 1.12. The van der Waals surface area contributed by atoms with E-state index in [9.17, 15) is 14.4 Å². The van der Waals surface area contributed by atoms with Crippen molar-refractivity contribution in [3.63, 3.8) is 0 Å². The van der Waals surface area contributed by atoms with Gasteiger partial charge in [-0.15, -0.1) is 0 Å². The standard InChI is InChI=1S/C11H12ClN3O5/c1-20-9(16)2-3-13-11(19)15-7-5-14-8(12)4-6(7)10(17)18/h4-5H,2-3H2,1H3,(H,17,18)(H2,13,15,19). The van der Waals surface area contributed by atoms with Gasteiger partial charge in [-0.1, -0.05) is 11.6 Å². The monoisotopic (exact) mass is 301 g/mol. The number of aromatic carboxylic acids is 1. The van der Waals surface area contributed by atoms with E-state index in [0.29, 0.717) is 0 Å². The normalized spacial score (nSPS) is 9.70. The number of methoxy groups -OCH3 is 1. The Bertz CT molecular complexity index is 535. The number of carbonyl (C=O) groups excluding carboxylic acids is 2. The fourth-order valence-corrected chi connectivity index (χ4v) is 1.41. The highest BCUT2D eigenvalue weighted by molar-refractivity contribution is 6.29. The first-order chi connectivity index (χ1) is 9.43. The van der Waals surface area contributed by atoms with Crippen molar-refractivity contribution >= 4 is 35.3 Å². The number of hydrogen-bond donors (Lipinski definition) is 3. The maximum atomic E-state index is 11.5. The van der Waals surface area contributed by atoms with Crippen molar-refractivity contribution in [2.45, 2.75) is 6.42 Å². The molecular formula is C11H12ClN3O5. The van der Waals surface area contributed by atoms with Crippen LogP contribution in [0, 0.1) is 0 Å². The molecule has 3 N–H and O–H groups in total. The second-order valence-corrected chi connectivity index (χ2v) is 3.95. The number of hydrogen-bond acceptors (Lipinski definition) is 5. The van der Waals surface area contributed by atoms with Crippen molar-refractivity contribution < 1.29 is 24.2 Å². The molecule has 0 aliphatic heterocycles. The topological polar surface area (TPSA) is 118 Å². The number of nitrogens with one attached hydrogen (secondary N) is 2. The van der Waals surface area contributed by atoms with E-state index in [4.69, 9.17) is 16.7 Å². The molecule has 0 unspecified atom stereocenters. The van der Waals surface area contributed by atoms with Gasteiger partial charge in [0.15, 0.2) is 0 Å². The molecule has 9 heteroatoms. The number of nitrogens with zero attached hydrogens (tertiary/aromatic N) is 1. The van der Waals surface area contributed by atoms with Crippen LogP contribution in [0.15, 0.2) is 12.3 Å². The number of anilines is 1. The summed E-state index contributed by atoms with van der Waals surface area (Å²) >= 11 is 5.58. The van der Waals surface area contributed by atoms with Crippen molar-refractivity contribution in [1.82, 2.24) is 10.3 Å². The fraction of sp³-hybridized carbons (Fsp3) is 0.273. The van der Waals surface area contributed by atoms with E-state index in [1.807, 2.05) is 0 Å². The summed E-state index contributed by atoms with van der Waals surface area (Å²) in [7, 11) is 1.24. The molecule has 0 radical (unpaired) electrons. The van der Waals surface area contributed by atoms with Gasteiger partial charge in [-0.3, -0.25) is 4.79 Å². The van der Waals surface area contributed by atoms with Gasteiger partial charge in [-0.2, -0.15) is 0 Å². The molecule has 1 rings (SSSR count). The van der Waals surface area contributed by atoms with Gasteiger partial charge in [0.2, 0.25) is 0 Å². The summed E-state index contributed by atoms with van der Waals surface area (Å²) in [6.45, 7) is 0.0575. The first-order valence-corrected chi connectivity index (χ1v) is 5.82. The van der Waals surface area contributed by atoms with Gasteiger partial charge in [0.05, 0.1) is 31.0 Å². The Morgan fingerprint density at radius 2 is 2.15 bits per heavy atom. The van der Waals surface area contributed by atoms with Crippen LogP contribution < -0.4 is 10.6 Å². The number of carbonyl (C=O) groups is 3. The number of aromatic nitrogens is 1. The minimum Gasteiger partial charge on any atom is -0.478 e. The number of pyridine rings is 1. The van der Waals surface area contributed by atoms with E-state index in [0.717, 1.165) is 12.3 Å². The van der Waals surface area contributed by atoms with E-state index < -0.39 is 18.0 Å². The molecular weight excluding hydrogens is 290 g/mol. The number of halogens is 1. The van der Waals surface area contributed by atoms with Crippen molar-refractivity contribution in [3.05, 3.63) is 23.0 Å². The lowest BCUT2D eigenvalue weighted by molar-refractivity contribution is -0.140. The minimum atomic E-state index is -1.25. The maximum Gasteiger partial charge on any atom is 0.337 e. The van der Waals surface area contributed by atoms with Crippen LogP contribution in [-0.2, 0) is 9.53 Å². The lowest BCUT2D eigenvalue weighted by Crippen LogP contribution is -2.31. The lowest BCUT2D eigenvalue weighted by atomic mass is 10.2. The van der Waals surface area contributed by atoms with Crippen molar-refractivity contribution in [2.24, 2.45) is 0 Å². The summed E-state index contributed by atoms with van der Waals surface area (Å²) in [5.41, 5.74) is -0.189. The predicted molar refractivity (Wildman–Crippen MR) is 69.9 cm³/mol. The number of amides is 2. The molecule has 0 bridgehead atoms. The Morgan fingerprint density at radius 1 is 1.45 bits per heavy atom. The molecule has 0 aliphatic rings. The summed E-state index contributed by atoms with van der Waals surface area (Å²) in [5, 5.41) is 13.6. The van der Waals surface area contributed by atoms with Gasteiger partial charge >= 0.3 is 18.0 Å². The number of urea groups is 1. The zero-order chi connectivity index (χ0) is 15.1. The van der Waals surface area contributed by atoms with Crippen LogP contribution in [0.3, 0.4) is 0 Å².